The van der Waals surface area contributed by atoms with Crippen LogP contribution >= 0.6 is 11.8 Å². The third-order valence-corrected chi connectivity index (χ3v) is 3.70. The lowest BCUT2D eigenvalue weighted by Gasteiger charge is -2.14. The third kappa shape index (κ3) is 2.38. The Kier molecular flexibility index (Phi) is 3.19. The number of rotatable bonds is 3. The van der Waals surface area contributed by atoms with Crippen LogP contribution in [0.15, 0.2) is 18.2 Å². The van der Waals surface area contributed by atoms with Crippen molar-refractivity contribution in [1.82, 2.24) is 0 Å². The maximum Gasteiger partial charge on any atom is 0.271 e. The summed E-state index contributed by atoms with van der Waals surface area (Å²) >= 11 is 1.90. The van der Waals surface area contributed by atoms with E-state index in [9.17, 15) is 10.1 Å². The van der Waals surface area contributed by atoms with E-state index in [0.29, 0.717) is 11.7 Å². The topological polar surface area (TPSA) is 81.2 Å². The molecule has 0 saturated carbocycles. The quantitative estimate of drug-likeness (QED) is 0.479. The summed E-state index contributed by atoms with van der Waals surface area (Å²) in [6.45, 7) is 0. The number of hydrogen-bond donors (Lipinski definition) is 2. The van der Waals surface area contributed by atoms with Crippen LogP contribution in [0.4, 0.5) is 17.1 Å². The number of hydrogen-bond acceptors (Lipinski definition) is 5. The molecule has 1 aliphatic heterocycles. The highest BCUT2D eigenvalue weighted by Crippen LogP contribution is 2.27. The van der Waals surface area contributed by atoms with E-state index in [0.717, 1.165) is 23.6 Å². The zero-order valence-electron chi connectivity index (χ0n) is 8.68. The molecule has 1 aromatic carbocycles. The Hall–Kier alpha value is -1.43. The van der Waals surface area contributed by atoms with E-state index in [1.165, 1.54) is 12.1 Å². The van der Waals surface area contributed by atoms with Gasteiger partial charge in [-0.15, -0.1) is 0 Å². The summed E-state index contributed by atoms with van der Waals surface area (Å²) in [7, 11) is 0. The number of non-ortho nitro benzene ring substituents is 1. The van der Waals surface area contributed by atoms with Gasteiger partial charge in [-0.25, -0.2) is 0 Å². The Bertz CT molecular complexity index is 405. The highest BCUT2D eigenvalue weighted by atomic mass is 32.2. The number of nitrogen functional groups attached to an aromatic ring is 1. The minimum Gasteiger partial charge on any atom is -0.397 e. The van der Waals surface area contributed by atoms with Gasteiger partial charge < -0.3 is 11.1 Å². The molecule has 3 N–H and O–H groups in total. The van der Waals surface area contributed by atoms with E-state index in [1.54, 1.807) is 6.07 Å². The van der Waals surface area contributed by atoms with Gasteiger partial charge in [0.2, 0.25) is 0 Å². The first-order valence-electron chi connectivity index (χ1n) is 5.05. The zero-order valence-corrected chi connectivity index (χ0v) is 9.50. The highest BCUT2D eigenvalue weighted by molar-refractivity contribution is 7.99. The van der Waals surface area contributed by atoms with E-state index in [-0.39, 0.29) is 5.69 Å². The Morgan fingerprint density at radius 3 is 2.94 bits per heavy atom. The molecule has 1 atom stereocenters. The van der Waals surface area contributed by atoms with E-state index in [1.807, 2.05) is 11.8 Å². The molecule has 0 amide bonds. The molecule has 1 unspecified atom stereocenters. The number of nitrogens with one attached hydrogen (secondary N) is 1. The molecular weight excluding hydrogens is 226 g/mol. The van der Waals surface area contributed by atoms with Crippen LogP contribution < -0.4 is 11.1 Å². The van der Waals surface area contributed by atoms with Gasteiger partial charge in [0.1, 0.15) is 0 Å². The Morgan fingerprint density at radius 1 is 1.56 bits per heavy atom. The molecule has 0 spiro atoms. The number of thioether (sulfide) groups is 1. The molecule has 16 heavy (non-hydrogen) atoms. The van der Waals surface area contributed by atoms with Crippen molar-refractivity contribution in [2.24, 2.45) is 0 Å². The number of nitro benzene ring substituents is 1. The van der Waals surface area contributed by atoms with E-state index >= 15 is 0 Å². The van der Waals surface area contributed by atoms with Crippen molar-refractivity contribution in [3.8, 4) is 0 Å². The van der Waals surface area contributed by atoms with Crippen molar-refractivity contribution >= 4 is 28.8 Å². The predicted octanol–water partition coefficient (Wildman–Crippen LogP) is 2.09. The van der Waals surface area contributed by atoms with Crippen molar-refractivity contribution in [2.45, 2.75) is 12.5 Å². The summed E-state index contributed by atoms with van der Waals surface area (Å²) < 4.78 is 0. The molecule has 86 valence electrons. The first-order valence-corrected chi connectivity index (χ1v) is 6.20. The summed E-state index contributed by atoms with van der Waals surface area (Å²) in [5.74, 6) is 2.22. The molecule has 0 radical (unpaired) electrons. The molecule has 1 fully saturated rings. The summed E-state index contributed by atoms with van der Waals surface area (Å²) in [5.41, 5.74) is 7.02. The largest absolute Gasteiger partial charge is 0.397 e. The number of nitrogens with zero attached hydrogens (tertiary/aromatic N) is 1. The third-order valence-electron chi connectivity index (χ3n) is 2.54. The van der Waals surface area contributed by atoms with Crippen LogP contribution in [0.25, 0.3) is 0 Å². The summed E-state index contributed by atoms with van der Waals surface area (Å²) in [4.78, 5) is 10.1. The molecule has 0 aliphatic carbocycles. The zero-order chi connectivity index (χ0) is 11.5. The average Bonchev–Trinajstić information content (AvgIpc) is 2.73. The van der Waals surface area contributed by atoms with Crippen LogP contribution in [0.3, 0.4) is 0 Å². The number of nitro groups is 1. The smallest absolute Gasteiger partial charge is 0.271 e. The number of anilines is 2. The summed E-state index contributed by atoms with van der Waals surface area (Å²) in [6.07, 6.45) is 1.11. The molecule has 1 saturated heterocycles. The number of benzene rings is 1. The molecule has 2 rings (SSSR count). The summed E-state index contributed by atoms with van der Waals surface area (Å²) in [6, 6.07) is 4.97. The second-order valence-electron chi connectivity index (χ2n) is 3.73. The second kappa shape index (κ2) is 4.61. The van der Waals surface area contributed by atoms with E-state index in [2.05, 4.69) is 5.32 Å². The van der Waals surface area contributed by atoms with Crippen molar-refractivity contribution < 1.29 is 4.92 Å². The molecule has 6 heteroatoms. The van der Waals surface area contributed by atoms with Gasteiger partial charge in [-0.05, 0) is 18.2 Å². The van der Waals surface area contributed by atoms with Gasteiger partial charge >= 0.3 is 0 Å². The van der Waals surface area contributed by atoms with Crippen LogP contribution in [-0.4, -0.2) is 22.5 Å². The fraction of sp³-hybridized carbons (Fsp3) is 0.400. The van der Waals surface area contributed by atoms with Gasteiger partial charge in [0, 0.05) is 23.9 Å². The van der Waals surface area contributed by atoms with Crippen LogP contribution in [0.5, 0.6) is 0 Å². The van der Waals surface area contributed by atoms with Crippen molar-refractivity contribution in [3.05, 3.63) is 28.3 Å². The molecule has 1 heterocycles. The number of nitrogens with two attached hydrogens (primary N) is 1. The van der Waals surface area contributed by atoms with Crippen LogP contribution in [-0.2, 0) is 0 Å². The first-order chi connectivity index (χ1) is 7.66. The Balaban J connectivity index is 2.12. The lowest BCUT2D eigenvalue weighted by atomic mass is 10.2. The Labute approximate surface area is 97.6 Å². The predicted molar refractivity (Wildman–Crippen MR) is 66.9 cm³/mol. The molecule has 5 nitrogen and oxygen atoms in total. The van der Waals surface area contributed by atoms with Crippen LogP contribution in [0.1, 0.15) is 6.42 Å². The minimum absolute atomic E-state index is 0.0313. The first kappa shape index (κ1) is 11.1. The normalized spacial score (nSPS) is 19.6. The van der Waals surface area contributed by atoms with Gasteiger partial charge in [-0.1, -0.05) is 0 Å². The molecule has 0 aromatic heterocycles. The van der Waals surface area contributed by atoms with Crippen molar-refractivity contribution in [3.63, 3.8) is 0 Å². The van der Waals surface area contributed by atoms with Crippen LogP contribution in [0, 0.1) is 10.1 Å². The van der Waals surface area contributed by atoms with Gasteiger partial charge in [0.15, 0.2) is 0 Å². The van der Waals surface area contributed by atoms with Gasteiger partial charge in [-0.2, -0.15) is 11.8 Å². The second-order valence-corrected chi connectivity index (χ2v) is 4.88. The standard InChI is InChI=1S/C10H13N3O2S/c11-9-5-8(13(14)15)1-2-10(9)12-7-3-4-16-6-7/h1-2,5,7,12H,3-4,6,11H2. The van der Waals surface area contributed by atoms with Crippen molar-refractivity contribution in [1.29, 1.82) is 0 Å². The van der Waals surface area contributed by atoms with Gasteiger partial charge in [0.05, 0.1) is 16.3 Å². The minimum atomic E-state index is -0.439. The lowest BCUT2D eigenvalue weighted by Crippen LogP contribution is -2.18. The molecule has 1 aromatic rings. The Morgan fingerprint density at radius 2 is 2.38 bits per heavy atom. The molecule has 0 bridgehead atoms. The summed E-state index contributed by atoms with van der Waals surface area (Å²) in [5, 5.41) is 13.8. The fourth-order valence-electron chi connectivity index (χ4n) is 1.66. The molecular formula is C10H13N3O2S. The van der Waals surface area contributed by atoms with Crippen LogP contribution in [0.2, 0.25) is 0 Å². The van der Waals surface area contributed by atoms with Gasteiger partial charge in [-0.3, -0.25) is 10.1 Å². The average molecular weight is 239 g/mol. The maximum absolute atomic E-state index is 10.5. The lowest BCUT2D eigenvalue weighted by molar-refractivity contribution is -0.384. The van der Waals surface area contributed by atoms with Crippen molar-refractivity contribution in [2.75, 3.05) is 22.6 Å². The molecule has 1 aliphatic rings. The maximum atomic E-state index is 10.5. The van der Waals surface area contributed by atoms with Gasteiger partial charge in [0.25, 0.3) is 5.69 Å². The van der Waals surface area contributed by atoms with E-state index in [4.69, 9.17) is 5.73 Å². The fourth-order valence-corrected chi connectivity index (χ4v) is 2.82. The van der Waals surface area contributed by atoms with E-state index < -0.39 is 4.92 Å². The highest BCUT2D eigenvalue weighted by Gasteiger charge is 2.16. The SMILES string of the molecule is Nc1cc([N+](=O)[O-])ccc1NC1CCSC1. The monoisotopic (exact) mass is 239 g/mol.